The van der Waals surface area contributed by atoms with E-state index in [1.54, 1.807) is 10.9 Å². The number of nitrogen functional groups attached to an aromatic ring is 1. The third kappa shape index (κ3) is 2.53. The van der Waals surface area contributed by atoms with Crippen LogP contribution in [-0.4, -0.2) is 25.6 Å². The first-order valence-corrected chi connectivity index (χ1v) is 5.68. The minimum atomic E-state index is -0.269. The quantitative estimate of drug-likeness (QED) is 0.818. The molecule has 2 aromatic rings. The van der Waals surface area contributed by atoms with Crippen molar-refractivity contribution in [1.82, 2.24) is 19.5 Å². The summed E-state index contributed by atoms with van der Waals surface area (Å²) in [5.74, 6) is 2.59. The van der Waals surface area contributed by atoms with E-state index in [9.17, 15) is 4.57 Å². The van der Waals surface area contributed by atoms with Crippen LogP contribution >= 0.6 is 7.92 Å². The van der Waals surface area contributed by atoms with Gasteiger partial charge in [-0.05, 0) is 0 Å². The molecule has 0 bridgehead atoms. The van der Waals surface area contributed by atoms with Gasteiger partial charge in [-0.2, -0.15) is 0 Å². The Balaban J connectivity index is 2.27. The molecular formula is C9H10N5O2P. The number of aromatic nitrogens is 4. The Morgan fingerprint density at radius 3 is 3.18 bits per heavy atom. The Bertz CT molecular complexity index is 635. The minimum absolute atomic E-state index is 0.190. The standard InChI is InChI=1S/C9H10N5O2P/c1-6(16-5-17-15)2-14-4-13-7-8(10)11-3-12-9(7)14/h3-4,6H,2H2,1H3,(H2,10,11,12). The summed E-state index contributed by atoms with van der Waals surface area (Å²) in [7, 11) is -0.269. The molecule has 2 aromatic heterocycles. The molecule has 1 unspecified atom stereocenters. The van der Waals surface area contributed by atoms with Gasteiger partial charge in [-0.15, -0.1) is 0 Å². The first-order valence-electron chi connectivity index (χ1n) is 4.86. The SMILES string of the molecule is CC(Cn1cnc2c(N)ncnc21)OC#P=O. The van der Waals surface area contributed by atoms with Crippen LogP contribution in [0.1, 0.15) is 6.92 Å². The zero-order valence-electron chi connectivity index (χ0n) is 9.07. The number of hydrogen-bond donors (Lipinski definition) is 1. The van der Waals surface area contributed by atoms with Crippen molar-refractivity contribution in [2.45, 2.75) is 19.6 Å². The van der Waals surface area contributed by atoms with E-state index in [0.29, 0.717) is 23.5 Å². The monoisotopic (exact) mass is 251 g/mol. The molecule has 0 aliphatic rings. The zero-order chi connectivity index (χ0) is 12.3. The number of ether oxygens (including phenoxy) is 1. The first kappa shape index (κ1) is 11.8. The molecule has 2 heterocycles. The van der Waals surface area contributed by atoms with Crippen molar-refractivity contribution in [3.63, 3.8) is 0 Å². The van der Waals surface area contributed by atoms with Gasteiger partial charge in [0.2, 0.25) is 0 Å². The second-order valence-electron chi connectivity index (χ2n) is 3.44. The maximum absolute atomic E-state index is 10.2. The number of nitrogens with zero attached hydrogens (tertiary/aromatic N) is 4. The van der Waals surface area contributed by atoms with Gasteiger partial charge in [0.25, 0.3) is 0 Å². The maximum atomic E-state index is 10.2. The summed E-state index contributed by atoms with van der Waals surface area (Å²) in [4.78, 5) is 12.1. The summed E-state index contributed by atoms with van der Waals surface area (Å²) in [5.41, 5.74) is 6.88. The van der Waals surface area contributed by atoms with E-state index in [-0.39, 0.29) is 14.0 Å². The van der Waals surface area contributed by atoms with Gasteiger partial charge < -0.3 is 0 Å². The molecular weight excluding hydrogens is 241 g/mol. The van der Waals surface area contributed by atoms with Gasteiger partial charge in [0.15, 0.2) is 0 Å². The van der Waals surface area contributed by atoms with E-state index in [2.05, 4.69) is 20.8 Å². The third-order valence-electron chi connectivity index (χ3n) is 2.17. The van der Waals surface area contributed by atoms with E-state index < -0.39 is 0 Å². The number of hydrogen-bond acceptors (Lipinski definition) is 6. The predicted molar refractivity (Wildman–Crippen MR) is 61.8 cm³/mol. The number of fused-ring (bicyclic) bond motifs is 1. The molecule has 0 aliphatic carbocycles. The molecule has 0 saturated carbocycles. The summed E-state index contributed by atoms with van der Waals surface area (Å²) in [6.07, 6.45) is 2.81. The van der Waals surface area contributed by atoms with Crippen LogP contribution < -0.4 is 5.73 Å². The molecule has 0 amide bonds. The second-order valence-corrected chi connectivity index (χ2v) is 3.80. The fourth-order valence-corrected chi connectivity index (χ4v) is 1.68. The van der Waals surface area contributed by atoms with Gasteiger partial charge in [0, 0.05) is 0 Å². The Labute approximate surface area is 98.1 Å². The van der Waals surface area contributed by atoms with Crippen LogP contribution in [-0.2, 0) is 15.8 Å². The Morgan fingerprint density at radius 2 is 2.41 bits per heavy atom. The van der Waals surface area contributed by atoms with Gasteiger partial charge in [-0.3, -0.25) is 0 Å². The number of rotatable bonds is 3. The fraction of sp³-hybridized carbons (Fsp3) is 0.333. The average molecular weight is 251 g/mol. The molecule has 0 saturated heterocycles. The van der Waals surface area contributed by atoms with Crippen LogP contribution in [0.5, 0.6) is 0 Å². The van der Waals surface area contributed by atoms with Crippen molar-refractivity contribution in [3.8, 4) is 5.81 Å². The van der Waals surface area contributed by atoms with Crippen molar-refractivity contribution in [3.05, 3.63) is 12.7 Å². The molecule has 2 N–H and O–H groups in total. The van der Waals surface area contributed by atoms with Gasteiger partial charge in [0.05, 0.1) is 0 Å². The van der Waals surface area contributed by atoms with E-state index in [1.165, 1.54) is 6.33 Å². The number of anilines is 1. The molecule has 7 nitrogen and oxygen atoms in total. The van der Waals surface area contributed by atoms with Crippen molar-refractivity contribution >= 4 is 24.9 Å². The van der Waals surface area contributed by atoms with Crippen LogP contribution in [0.25, 0.3) is 11.2 Å². The van der Waals surface area contributed by atoms with Crippen molar-refractivity contribution in [1.29, 1.82) is 0 Å². The Hall–Kier alpha value is -1.68. The molecule has 0 radical (unpaired) electrons. The average Bonchev–Trinajstić information content (AvgIpc) is 2.71. The van der Waals surface area contributed by atoms with Crippen molar-refractivity contribution < 1.29 is 9.30 Å². The van der Waals surface area contributed by atoms with E-state index in [4.69, 9.17) is 10.5 Å². The van der Waals surface area contributed by atoms with Gasteiger partial charge >= 0.3 is 97.5 Å². The molecule has 1 atom stereocenters. The summed E-state index contributed by atoms with van der Waals surface area (Å²) >= 11 is 0. The normalized spacial score (nSPS) is 12.3. The fourth-order valence-electron chi connectivity index (χ4n) is 1.46. The molecule has 0 fully saturated rings. The summed E-state index contributed by atoms with van der Waals surface area (Å²) < 4.78 is 17.0. The van der Waals surface area contributed by atoms with Crippen molar-refractivity contribution in [2.75, 3.05) is 5.73 Å². The van der Waals surface area contributed by atoms with Crippen LogP contribution in [0.4, 0.5) is 5.82 Å². The predicted octanol–water partition coefficient (Wildman–Crippen LogP) is 1.02. The van der Waals surface area contributed by atoms with Gasteiger partial charge in [-0.25, -0.2) is 0 Å². The Morgan fingerprint density at radius 1 is 1.59 bits per heavy atom. The van der Waals surface area contributed by atoms with Crippen LogP contribution in [0.3, 0.4) is 0 Å². The summed E-state index contributed by atoms with van der Waals surface area (Å²) in [5, 5.41) is 0. The summed E-state index contributed by atoms with van der Waals surface area (Å²) in [6.45, 7) is 2.34. The third-order valence-corrected chi connectivity index (χ3v) is 2.35. The first-order chi connectivity index (χ1) is 8.22. The molecule has 2 rings (SSSR count). The molecule has 0 spiro atoms. The molecule has 0 aliphatic heterocycles. The molecule has 88 valence electrons. The zero-order valence-corrected chi connectivity index (χ0v) is 9.96. The topological polar surface area (TPSA) is 95.9 Å². The molecule has 8 heteroatoms. The van der Waals surface area contributed by atoms with E-state index in [1.807, 2.05) is 6.92 Å². The number of nitrogens with two attached hydrogens (primary N) is 1. The number of imidazole rings is 1. The summed E-state index contributed by atoms with van der Waals surface area (Å²) in [6, 6.07) is 0. The molecule has 17 heavy (non-hydrogen) atoms. The van der Waals surface area contributed by atoms with E-state index >= 15 is 0 Å². The van der Waals surface area contributed by atoms with E-state index in [0.717, 1.165) is 0 Å². The van der Waals surface area contributed by atoms with Crippen LogP contribution in [0.15, 0.2) is 12.7 Å². The Kier molecular flexibility index (Phi) is 3.54. The van der Waals surface area contributed by atoms with Crippen molar-refractivity contribution in [2.24, 2.45) is 0 Å². The second kappa shape index (κ2) is 5.10. The molecule has 0 aromatic carbocycles. The van der Waals surface area contributed by atoms with Gasteiger partial charge in [-0.1, -0.05) is 0 Å². The van der Waals surface area contributed by atoms with Crippen LogP contribution in [0, 0.1) is 5.81 Å². The van der Waals surface area contributed by atoms with Crippen LogP contribution in [0.2, 0.25) is 0 Å². The van der Waals surface area contributed by atoms with Gasteiger partial charge in [0.1, 0.15) is 0 Å².